The lowest BCUT2D eigenvalue weighted by atomic mass is 10.1. The summed E-state index contributed by atoms with van der Waals surface area (Å²) in [6.07, 6.45) is 3.74. The maximum atomic E-state index is 9.01. The summed E-state index contributed by atoms with van der Waals surface area (Å²) in [5, 5.41) is 18.9. The van der Waals surface area contributed by atoms with Crippen molar-refractivity contribution in [2.75, 3.05) is 11.4 Å². The highest BCUT2D eigenvalue weighted by atomic mass is 32.2. The first kappa shape index (κ1) is 9.95. The van der Waals surface area contributed by atoms with Crippen LogP contribution in [0.3, 0.4) is 0 Å². The van der Waals surface area contributed by atoms with Crippen molar-refractivity contribution in [3.63, 3.8) is 0 Å². The number of nitriles is 2. The average Bonchev–Trinajstić information content (AvgIpc) is 2.74. The number of nitrogens with zero attached hydrogens (tertiary/aromatic N) is 4. The summed E-state index contributed by atoms with van der Waals surface area (Å²) in [5.74, 6) is 0. The van der Waals surface area contributed by atoms with Crippen LogP contribution in [0.4, 0.5) is 5.69 Å². The molecule has 0 saturated heterocycles. The Bertz CT molecular complexity index is 646. The molecule has 17 heavy (non-hydrogen) atoms. The molecule has 0 bridgehead atoms. The molecule has 0 fully saturated rings. The molecule has 0 N–H and O–H groups in total. The van der Waals surface area contributed by atoms with E-state index >= 15 is 0 Å². The normalized spacial score (nSPS) is 15.6. The predicted molar refractivity (Wildman–Crippen MR) is 65.7 cm³/mol. The van der Waals surface area contributed by atoms with Gasteiger partial charge in [0.15, 0.2) is 5.17 Å². The Labute approximate surface area is 102 Å². The smallest absolute Gasteiger partial charge is 0.173 e. The lowest BCUT2D eigenvalue weighted by Gasteiger charge is -2.19. The first-order valence-electron chi connectivity index (χ1n) is 5.00. The number of hydrogen-bond acceptors (Lipinski definition) is 5. The van der Waals surface area contributed by atoms with Crippen molar-refractivity contribution in [2.45, 2.75) is 4.90 Å². The molecule has 0 spiro atoms. The third kappa shape index (κ3) is 1.41. The minimum Gasteiger partial charge on any atom is -0.316 e. The first-order chi connectivity index (χ1) is 8.33. The minimum absolute atomic E-state index is 0.419. The van der Waals surface area contributed by atoms with Gasteiger partial charge in [-0.1, -0.05) is 0 Å². The monoisotopic (exact) mass is 238 g/mol. The summed E-state index contributed by atoms with van der Waals surface area (Å²) in [4.78, 5) is 7.31. The van der Waals surface area contributed by atoms with Crippen molar-refractivity contribution in [1.82, 2.24) is 0 Å². The van der Waals surface area contributed by atoms with Crippen LogP contribution in [-0.4, -0.2) is 11.7 Å². The van der Waals surface area contributed by atoms with Crippen molar-refractivity contribution in [1.29, 1.82) is 10.5 Å². The van der Waals surface area contributed by atoms with Crippen LogP contribution < -0.4 is 4.90 Å². The topological polar surface area (TPSA) is 63.2 Å². The molecule has 0 radical (unpaired) electrons. The van der Waals surface area contributed by atoms with Crippen LogP contribution in [0.1, 0.15) is 11.1 Å². The van der Waals surface area contributed by atoms with Gasteiger partial charge in [0.25, 0.3) is 0 Å². The zero-order chi connectivity index (χ0) is 11.8. The van der Waals surface area contributed by atoms with E-state index in [0.717, 1.165) is 22.3 Å². The summed E-state index contributed by atoms with van der Waals surface area (Å²) in [7, 11) is 0. The molecule has 0 saturated carbocycles. The van der Waals surface area contributed by atoms with E-state index in [9.17, 15) is 0 Å². The van der Waals surface area contributed by atoms with E-state index in [-0.39, 0.29) is 0 Å². The predicted octanol–water partition coefficient (Wildman–Crippen LogP) is 2.23. The second kappa shape index (κ2) is 3.65. The second-order valence-electron chi connectivity index (χ2n) is 3.60. The number of amidine groups is 1. The molecule has 2 aliphatic heterocycles. The van der Waals surface area contributed by atoms with Crippen LogP contribution in [0.25, 0.3) is 0 Å². The molecule has 5 heteroatoms. The number of thioether (sulfide) groups is 1. The van der Waals surface area contributed by atoms with Crippen molar-refractivity contribution in [3.8, 4) is 12.1 Å². The third-order valence-corrected chi connectivity index (χ3v) is 3.70. The number of hydrogen-bond donors (Lipinski definition) is 0. The number of anilines is 1. The van der Waals surface area contributed by atoms with Gasteiger partial charge in [-0.25, -0.2) is 4.99 Å². The van der Waals surface area contributed by atoms with E-state index in [1.54, 1.807) is 18.3 Å². The summed E-state index contributed by atoms with van der Waals surface area (Å²) in [5.41, 5.74) is 1.81. The molecule has 80 valence electrons. The van der Waals surface area contributed by atoms with E-state index in [2.05, 4.69) is 11.1 Å². The van der Waals surface area contributed by atoms with Gasteiger partial charge in [0.05, 0.1) is 16.8 Å². The highest BCUT2D eigenvalue weighted by Crippen LogP contribution is 2.42. The number of aliphatic imine (C=N–C) groups is 1. The van der Waals surface area contributed by atoms with Crippen LogP contribution in [0, 0.1) is 22.7 Å². The summed E-state index contributed by atoms with van der Waals surface area (Å²) >= 11 is 1.53. The number of fused-ring (bicyclic) bond motifs is 3. The van der Waals surface area contributed by atoms with Gasteiger partial charge in [0, 0.05) is 17.6 Å². The Morgan fingerprint density at radius 1 is 1.24 bits per heavy atom. The maximum Gasteiger partial charge on any atom is 0.173 e. The van der Waals surface area contributed by atoms with Gasteiger partial charge in [-0.15, -0.1) is 0 Å². The molecule has 0 aliphatic carbocycles. The zero-order valence-corrected chi connectivity index (χ0v) is 9.53. The summed E-state index contributed by atoms with van der Waals surface area (Å²) in [6.45, 7) is 0.760. The number of rotatable bonds is 0. The van der Waals surface area contributed by atoms with Gasteiger partial charge in [-0.2, -0.15) is 10.5 Å². The molecule has 1 aromatic rings. The highest BCUT2D eigenvalue weighted by Gasteiger charge is 2.28. The lowest BCUT2D eigenvalue weighted by Crippen LogP contribution is -2.26. The van der Waals surface area contributed by atoms with E-state index < -0.39 is 0 Å². The highest BCUT2D eigenvalue weighted by molar-refractivity contribution is 8.14. The first-order valence-corrected chi connectivity index (χ1v) is 5.81. The molecule has 1 aromatic carbocycles. The van der Waals surface area contributed by atoms with Gasteiger partial charge in [0.2, 0.25) is 0 Å². The fraction of sp³-hybridized carbons (Fsp3) is 0.0833. The molecular weight excluding hydrogens is 232 g/mol. The van der Waals surface area contributed by atoms with E-state index in [1.165, 1.54) is 11.8 Å². The third-order valence-electron chi connectivity index (χ3n) is 2.64. The second-order valence-corrected chi connectivity index (χ2v) is 4.61. The Morgan fingerprint density at radius 2 is 2.00 bits per heavy atom. The van der Waals surface area contributed by atoms with Gasteiger partial charge in [0.1, 0.15) is 12.1 Å². The van der Waals surface area contributed by atoms with E-state index in [4.69, 9.17) is 10.5 Å². The van der Waals surface area contributed by atoms with Gasteiger partial charge >= 0.3 is 0 Å². The Morgan fingerprint density at radius 3 is 2.76 bits per heavy atom. The SMILES string of the molecule is N#Cc1cc2c(cc1C#N)N1CC=CN=C1S2. The van der Waals surface area contributed by atoms with Crippen LogP contribution in [-0.2, 0) is 0 Å². The number of benzene rings is 1. The van der Waals surface area contributed by atoms with Gasteiger partial charge in [-0.3, -0.25) is 0 Å². The molecule has 2 aliphatic rings. The lowest BCUT2D eigenvalue weighted by molar-refractivity contribution is 1.11. The largest absolute Gasteiger partial charge is 0.316 e. The fourth-order valence-electron chi connectivity index (χ4n) is 1.84. The quantitative estimate of drug-likeness (QED) is 0.695. The molecule has 3 rings (SSSR count). The summed E-state index contributed by atoms with van der Waals surface area (Å²) < 4.78 is 0. The van der Waals surface area contributed by atoms with Crippen molar-refractivity contribution >= 4 is 22.6 Å². The van der Waals surface area contributed by atoms with E-state index in [1.807, 2.05) is 17.0 Å². The molecular formula is C12H6N4S. The molecule has 0 unspecified atom stereocenters. The summed E-state index contributed by atoms with van der Waals surface area (Å²) in [6, 6.07) is 7.63. The van der Waals surface area contributed by atoms with Crippen LogP contribution in [0.5, 0.6) is 0 Å². The van der Waals surface area contributed by atoms with Crippen LogP contribution in [0.15, 0.2) is 34.3 Å². The van der Waals surface area contributed by atoms with Crippen LogP contribution >= 0.6 is 11.8 Å². The van der Waals surface area contributed by atoms with E-state index in [0.29, 0.717) is 11.1 Å². The zero-order valence-electron chi connectivity index (χ0n) is 8.71. The Balaban J connectivity index is 2.18. The van der Waals surface area contributed by atoms with Crippen LogP contribution in [0.2, 0.25) is 0 Å². The molecule has 0 amide bonds. The fourth-order valence-corrected chi connectivity index (χ4v) is 2.89. The average molecular weight is 238 g/mol. The Kier molecular flexibility index (Phi) is 2.14. The Hall–Kier alpha value is -2.24. The van der Waals surface area contributed by atoms with Crippen molar-refractivity contribution in [2.24, 2.45) is 4.99 Å². The molecule has 0 atom stereocenters. The van der Waals surface area contributed by atoms with Crippen molar-refractivity contribution in [3.05, 3.63) is 35.5 Å². The minimum atomic E-state index is 0.419. The standard InChI is InChI=1S/C12H6N4S/c13-6-8-4-10-11(5-9(8)7-14)17-12-15-2-1-3-16(10)12/h1-2,4-5H,3H2. The molecule has 0 aromatic heterocycles. The van der Waals surface area contributed by atoms with Gasteiger partial charge < -0.3 is 4.90 Å². The molecule has 4 nitrogen and oxygen atoms in total. The maximum absolute atomic E-state index is 9.01. The molecule has 2 heterocycles. The van der Waals surface area contributed by atoms with Crippen molar-refractivity contribution < 1.29 is 0 Å². The van der Waals surface area contributed by atoms with Gasteiger partial charge in [-0.05, 0) is 30.0 Å².